The maximum atomic E-state index is 10.6. The number of amides is 1. The molecule has 1 aliphatic heterocycles. The zero-order valence-electron chi connectivity index (χ0n) is 6.39. The molecule has 0 aromatic rings. The van der Waals surface area contributed by atoms with Gasteiger partial charge in [-0.05, 0) is 11.7 Å². The van der Waals surface area contributed by atoms with E-state index < -0.39 is 0 Å². The maximum Gasteiger partial charge on any atom is 0.217 e. The Hall–Kier alpha value is -0.180. The average Bonchev–Trinajstić information content (AvgIpc) is 2.15. The molecular formula is C7H13NOS. The highest BCUT2D eigenvalue weighted by Gasteiger charge is 2.23. The lowest BCUT2D eigenvalue weighted by Gasteiger charge is -2.14. The zero-order valence-corrected chi connectivity index (χ0v) is 7.20. The highest BCUT2D eigenvalue weighted by atomic mass is 32.2. The van der Waals surface area contributed by atoms with Crippen molar-refractivity contribution in [3.05, 3.63) is 0 Å². The summed E-state index contributed by atoms with van der Waals surface area (Å²) in [5.41, 5.74) is 0. The van der Waals surface area contributed by atoms with E-state index in [4.69, 9.17) is 0 Å². The van der Waals surface area contributed by atoms with Crippen molar-refractivity contribution in [2.45, 2.75) is 19.9 Å². The number of hydrogen-bond acceptors (Lipinski definition) is 2. The third kappa shape index (κ3) is 1.90. The van der Waals surface area contributed by atoms with Crippen molar-refractivity contribution in [2.75, 3.05) is 11.5 Å². The molecule has 0 aliphatic carbocycles. The second-order valence-electron chi connectivity index (χ2n) is 2.82. The van der Waals surface area contributed by atoms with E-state index in [1.807, 2.05) is 11.8 Å². The molecule has 0 spiro atoms. The molecule has 0 aromatic heterocycles. The second-order valence-corrected chi connectivity index (χ2v) is 3.90. The van der Waals surface area contributed by atoms with E-state index in [1.54, 1.807) is 6.92 Å². The first-order valence-corrected chi connectivity index (χ1v) is 4.70. The van der Waals surface area contributed by atoms with Gasteiger partial charge < -0.3 is 5.32 Å². The van der Waals surface area contributed by atoms with Crippen LogP contribution in [-0.2, 0) is 4.79 Å². The standard InChI is InChI=1S/C7H13NOS/c1-5-3-10-4-7(5)8-6(2)9/h5,7H,3-4H2,1-2H3,(H,8,9)/t5-,7+/m1/s1. The van der Waals surface area contributed by atoms with Crippen LogP contribution in [-0.4, -0.2) is 23.5 Å². The number of rotatable bonds is 1. The summed E-state index contributed by atoms with van der Waals surface area (Å²) in [6.45, 7) is 3.76. The van der Waals surface area contributed by atoms with Gasteiger partial charge in [0.05, 0.1) is 0 Å². The molecule has 1 amide bonds. The van der Waals surface area contributed by atoms with Gasteiger partial charge in [0.25, 0.3) is 0 Å². The first kappa shape index (κ1) is 7.92. The highest BCUT2D eigenvalue weighted by Crippen LogP contribution is 2.23. The van der Waals surface area contributed by atoms with Crippen LogP contribution in [0, 0.1) is 5.92 Å². The minimum atomic E-state index is 0.0966. The quantitative estimate of drug-likeness (QED) is 0.615. The molecule has 2 nitrogen and oxygen atoms in total. The third-order valence-electron chi connectivity index (χ3n) is 1.75. The monoisotopic (exact) mass is 159 g/mol. The lowest BCUT2D eigenvalue weighted by atomic mass is 10.1. The average molecular weight is 159 g/mol. The molecule has 0 unspecified atom stereocenters. The molecule has 2 atom stereocenters. The summed E-state index contributed by atoms with van der Waals surface area (Å²) in [5.74, 6) is 3.01. The van der Waals surface area contributed by atoms with E-state index in [9.17, 15) is 4.79 Å². The summed E-state index contributed by atoms with van der Waals surface area (Å²) in [7, 11) is 0. The molecule has 1 rings (SSSR count). The van der Waals surface area contributed by atoms with Crippen molar-refractivity contribution in [3.8, 4) is 0 Å². The minimum absolute atomic E-state index is 0.0966. The fourth-order valence-corrected chi connectivity index (χ4v) is 2.51. The van der Waals surface area contributed by atoms with E-state index in [2.05, 4.69) is 12.2 Å². The second kappa shape index (κ2) is 3.28. The normalized spacial score (nSPS) is 32.2. The van der Waals surface area contributed by atoms with Crippen LogP contribution < -0.4 is 5.32 Å². The Morgan fingerprint density at radius 1 is 1.60 bits per heavy atom. The molecule has 0 bridgehead atoms. The third-order valence-corrected chi connectivity index (χ3v) is 3.11. The summed E-state index contributed by atoms with van der Waals surface area (Å²) >= 11 is 1.92. The van der Waals surface area contributed by atoms with Gasteiger partial charge in [0, 0.05) is 18.7 Å². The summed E-state index contributed by atoms with van der Waals surface area (Å²) in [6.07, 6.45) is 0. The first-order valence-electron chi connectivity index (χ1n) is 3.55. The number of carbonyl (C=O) groups excluding carboxylic acids is 1. The van der Waals surface area contributed by atoms with E-state index in [0.717, 1.165) is 5.75 Å². The number of thioether (sulfide) groups is 1. The molecule has 3 heteroatoms. The Balaban J connectivity index is 2.33. The van der Waals surface area contributed by atoms with E-state index >= 15 is 0 Å². The van der Waals surface area contributed by atoms with E-state index in [-0.39, 0.29) is 5.91 Å². The molecular weight excluding hydrogens is 146 g/mol. The zero-order chi connectivity index (χ0) is 7.56. The Morgan fingerprint density at radius 3 is 2.70 bits per heavy atom. The van der Waals surface area contributed by atoms with Crippen LogP contribution in [0.5, 0.6) is 0 Å². The predicted octanol–water partition coefficient (Wildman–Crippen LogP) is 0.874. The Morgan fingerprint density at radius 2 is 2.30 bits per heavy atom. The smallest absolute Gasteiger partial charge is 0.217 e. The number of carbonyl (C=O) groups is 1. The molecule has 1 saturated heterocycles. The summed E-state index contributed by atoms with van der Waals surface area (Å²) in [5, 5.41) is 2.93. The van der Waals surface area contributed by atoms with Gasteiger partial charge in [-0.2, -0.15) is 11.8 Å². The van der Waals surface area contributed by atoms with Crippen LogP contribution in [0.25, 0.3) is 0 Å². The van der Waals surface area contributed by atoms with Gasteiger partial charge in [0.15, 0.2) is 0 Å². The molecule has 0 saturated carbocycles. The lowest BCUT2D eigenvalue weighted by Crippen LogP contribution is -2.37. The van der Waals surface area contributed by atoms with Crippen molar-refractivity contribution in [1.82, 2.24) is 5.32 Å². The van der Waals surface area contributed by atoms with Crippen molar-refractivity contribution in [2.24, 2.45) is 5.92 Å². The van der Waals surface area contributed by atoms with Crippen molar-refractivity contribution < 1.29 is 4.79 Å². The van der Waals surface area contributed by atoms with Gasteiger partial charge in [-0.3, -0.25) is 4.79 Å². The van der Waals surface area contributed by atoms with E-state index in [1.165, 1.54) is 5.75 Å². The van der Waals surface area contributed by atoms with Gasteiger partial charge in [-0.25, -0.2) is 0 Å². The largest absolute Gasteiger partial charge is 0.352 e. The topological polar surface area (TPSA) is 29.1 Å². The Kier molecular flexibility index (Phi) is 2.60. The summed E-state index contributed by atoms with van der Waals surface area (Å²) in [4.78, 5) is 10.6. The van der Waals surface area contributed by atoms with Crippen LogP contribution >= 0.6 is 11.8 Å². The van der Waals surface area contributed by atoms with E-state index in [0.29, 0.717) is 12.0 Å². The van der Waals surface area contributed by atoms with Crippen molar-refractivity contribution in [3.63, 3.8) is 0 Å². The van der Waals surface area contributed by atoms with Crippen molar-refractivity contribution in [1.29, 1.82) is 0 Å². The minimum Gasteiger partial charge on any atom is -0.352 e. The van der Waals surface area contributed by atoms with Gasteiger partial charge in [-0.1, -0.05) is 6.92 Å². The van der Waals surface area contributed by atoms with Crippen LogP contribution in [0.4, 0.5) is 0 Å². The maximum absolute atomic E-state index is 10.6. The first-order chi connectivity index (χ1) is 4.70. The lowest BCUT2D eigenvalue weighted by molar-refractivity contribution is -0.119. The summed E-state index contributed by atoms with van der Waals surface area (Å²) in [6, 6.07) is 0.419. The van der Waals surface area contributed by atoms with Crippen LogP contribution in [0.3, 0.4) is 0 Å². The Bertz CT molecular complexity index is 138. The van der Waals surface area contributed by atoms with Crippen LogP contribution in [0.1, 0.15) is 13.8 Å². The Labute approximate surface area is 65.8 Å². The van der Waals surface area contributed by atoms with Gasteiger partial charge in [0.1, 0.15) is 0 Å². The van der Waals surface area contributed by atoms with Gasteiger partial charge in [-0.15, -0.1) is 0 Å². The fraction of sp³-hybridized carbons (Fsp3) is 0.857. The molecule has 1 fully saturated rings. The van der Waals surface area contributed by atoms with Gasteiger partial charge in [0.2, 0.25) is 5.91 Å². The predicted molar refractivity (Wildman–Crippen MR) is 44.1 cm³/mol. The number of nitrogens with one attached hydrogen (secondary N) is 1. The SMILES string of the molecule is CC(=O)N[C@H]1CSC[C@H]1C. The van der Waals surface area contributed by atoms with Crippen LogP contribution in [0.15, 0.2) is 0 Å². The van der Waals surface area contributed by atoms with Gasteiger partial charge >= 0.3 is 0 Å². The van der Waals surface area contributed by atoms with Crippen LogP contribution in [0.2, 0.25) is 0 Å². The molecule has 0 aromatic carbocycles. The molecule has 58 valence electrons. The fourth-order valence-electron chi connectivity index (χ4n) is 1.11. The molecule has 1 N–H and O–H groups in total. The molecule has 1 heterocycles. The highest BCUT2D eigenvalue weighted by molar-refractivity contribution is 7.99. The number of hydrogen-bond donors (Lipinski definition) is 1. The molecule has 1 aliphatic rings. The summed E-state index contributed by atoms with van der Waals surface area (Å²) < 4.78 is 0. The molecule has 0 radical (unpaired) electrons. The molecule has 10 heavy (non-hydrogen) atoms. The van der Waals surface area contributed by atoms with Crippen molar-refractivity contribution >= 4 is 17.7 Å².